The Hall–Kier alpha value is -2.15. The van der Waals surface area contributed by atoms with Gasteiger partial charge in [0.05, 0.1) is 17.2 Å². The van der Waals surface area contributed by atoms with Gasteiger partial charge in [-0.1, -0.05) is 50.1 Å². The van der Waals surface area contributed by atoms with Crippen LogP contribution < -0.4 is 10.6 Å². The maximum Gasteiger partial charge on any atom is 0.225 e. The summed E-state index contributed by atoms with van der Waals surface area (Å²) in [5, 5.41) is 6.57. The van der Waals surface area contributed by atoms with Gasteiger partial charge in [-0.3, -0.25) is 0 Å². The largest absolute Gasteiger partial charge is 0.370 e. The lowest BCUT2D eigenvalue weighted by molar-refractivity contribution is 0.602. The first-order chi connectivity index (χ1) is 12.6. The standard InChI is InChI=1S/C19H26N4O2S/c1-2-3-7-11-20-18-13-17(15-8-5-4-6-9-15)22-19(23-18)21-16-10-12-26(24,25)14-16/h4-6,8-9,13,16H,2-3,7,10-12,14H2,1H3,(H2,20,21,22,23). The summed E-state index contributed by atoms with van der Waals surface area (Å²) in [7, 11) is -2.94. The van der Waals surface area contributed by atoms with Crippen LogP contribution in [-0.2, 0) is 9.84 Å². The minimum Gasteiger partial charge on any atom is -0.370 e. The van der Waals surface area contributed by atoms with E-state index < -0.39 is 9.84 Å². The molecule has 140 valence electrons. The van der Waals surface area contributed by atoms with Gasteiger partial charge in [0, 0.05) is 24.2 Å². The zero-order valence-electron chi connectivity index (χ0n) is 15.1. The smallest absolute Gasteiger partial charge is 0.225 e. The van der Waals surface area contributed by atoms with Crippen molar-refractivity contribution in [2.75, 3.05) is 28.7 Å². The molecule has 1 unspecified atom stereocenters. The topological polar surface area (TPSA) is 84.0 Å². The van der Waals surface area contributed by atoms with Crippen LogP contribution in [0.25, 0.3) is 11.3 Å². The highest BCUT2D eigenvalue weighted by molar-refractivity contribution is 7.91. The molecule has 0 amide bonds. The average Bonchev–Trinajstić information content (AvgIpc) is 2.98. The molecule has 0 bridgehead atoms. The van der Waals surface area contributed by atoms with E-state index in [9.17, 15) is 8.42 Å². The molecule has 2 N–H and O–H groups in total. The van der Waals surface area contributed by atoms with E-state index in [2.05, 4.69) is 27.5 Å². The number of unbranched alkanes of at least 4 members (excludes halogenated alkanes) is 2. The van der Waals surface area contributed by atoms with Crippen molar-refractivity contribution in [1.82, 2.24) is 9.97 Å². The second kappa shape index (κ2) is 8.49. The molecular weight excluding hydrogens is 348 g/mol. The van der Waals surface area contributed by atoms with E-state index in [1.54, 1.807) is 0 Å². The van der Waals surface area contributed by atoms with E-state index in [1.165, 1.54) is 12.8 Å². The molecule has 1 fully saturated rings. The number of anilines is 2. The van der Waals surface area contributed by atoms with Crippen LogP contribution >= 0.6 is 0 Å². The van der Waals surface area contributed by atoms with Crippen molar-refractivity contribution in [2.45, 2.75) is 38.6 Å². The summed E-state index contributed by atoms with van der Waals surface area (Å²) in [6.07, 6.45) is 4.03. The van der Waals surface area contributed by atoms with Crippen LogP contribution in [0.1, 0.15) is 32.6 Å². The van der Waals surface area contributed by atoms with Crippen molar-refractivity contribution in [3.63, 3.8) is 0 Å². The predicted molar refractivity (Wildman–Crippen MR) is 106 cm³/mol. The maximum atomic E-state index is 11.7. The second-order valence-corrected chi connectivity index (χ2v) is 8.93. The number of hydrogen-bond acceptors (Lipinski definition) is 6. The molecule has 26 heavy (non-hydrogen) atoms. The van der Waals surface area contributed by atoms with Crippen molar-refractivity contribution in [2.24, 2.45) is 0 Å². The summed E-state index contributed by atoms with van der Waals surface area (Å²) in [6.45, 7) is 3.03. The first-order valence-corrected chi connectivity index (χ1v) is 11.0. The zero-order chi connectivity index (χ0) is 18.4. The number of hydrogen-bond donors (Lipinski definition) is 2. The highest BCUT2D eigenvalue weighted by Gasteiger charge is 2.28. The fourth-order valence-electron chi connectivity index (χ4n) is 3.04. The molecule has 0 radical (unpaired) electrons. The van der Waals surface area contributed by atoms with Gasteiger partial charge in [-0.15, -0.1) is 0 Å². The summed E-state index contributed by atoms with van der Waals surface area (Å²) in [6, 6.07) is 11.7. The van der Waals surface area contributed by atoms with E-state index >= 15 is 0 Å². The van der Waals surface area contributed by atoms with Crippen molar-refractivity contribution in [3.05, 3.63) is 36.4 Å². The molecule has 0 aliphatic carbocycles. The molecule has 1 aromatic carbocycles. The number of nitrogens with zero attached hydrogens (tertiary/aromatic N) is 2. The van der Waals surface area contributed by atoms with Crippen LogP contribution in [0.4, 0.5) is 11.8 Å². The third-order valence-electron chi connectivity index (χ3n) is 4.45. The highest BCUT2D eigenvalue weighted by atomic mass is 32.2. The van der Waals surface area contributed by atoms with Crippen LogP contribution in [0.2, 0.25) is 0 Å². The number of rotatable bonds is 8. The Bertz CT molecular complexity index is 825. The Kier molecular flexibility index (Phi) is 6.08. The fourth-order valence-corrected chi connectivity index (χ4v) is 4.72. The van der Waals surface area contributed by atoms with E-state index in [-0.39, 0.29) is 17.5 Å². The number of benzene rings is 1. The normalized spacial score (nSPS) is 18.6. The van der Waals surface area contributed by atoms with E-state index in [1.807, 2.05) is 36.4 Å². The lowest BCUT2D eigenvalue weighted by atomic mass is 10.1. The first-order valence-electron chi connectivity index (χ1n) is 9.21. The van der Waals surface area contributed by atoms with E-state index in [0.717, 1.165) is 30.0 Å². The van der Waals surface area contributed by atoms with Crippen LogP contribution in [0.15, 0.2) is 36.4 Å². The zero-order valence-corrected chi connectivity index (χ0v) is 15.9. The van der Waals surface area contributed by atoms with Crippen molar-refractivity contribution in [1.29, 1.82) is 0 Å². The molecule has 1 saturated heterocycles. The number of nitrogens with one attached hydrogen (secondary N) is 2. The molecule has 1 aromatic heterocycles. The number of sulfone groups is 1. The Morgan fingerprint density at radius 1 is 1.15 bits per heavy atom. The molecule has 1 aliphatic heterocycles. The Labute approximate surface area is 155 Å². The summed E-state index contributed by atoms with van der Waals surface area (Å²) in [4.78, 5) is 9.14. The Balaban J connectivity index is 1.80. The van der Waals surface area contributed by atoms with Crippen LogP contribution in [0.5, 0.6) is 0 Å². The van der Waals surface area contributed by atoms with Gasteiger partial charge in [-0.2, -0.15) is 4.98 Å². The molecule has 0 spiro atoms. The summed E-state index contributed by atoms with van der Waals surface area (Å²) < 4.78 is 23.4. The molecule has 1 aliphatic rings. The molecule has 1 atom stereocenters. The SMILES string of the molecule is CCCCCNc1cc(-c2ccccc2)nc(NC2CCS(=O)(=O)C2)n1. The van der Waals surface area contributed by atoms with Crippen molar-refractivity contribution < 1.29 is 8.42 Å². The van der Waals surface area contributed by atoms with Crippen LogP contribution in [-0.4, -0.2) is 42.5 Å². The molecule has 3 rings (SSSR count). The monoisotopic (exact) mass is 374 g/mol. The average molecular weight is 375 g/mol. The molecule has 6 nitrogen and oxygen atoms in total. The third-order valence-corrected chi connectivity index (χ3v) is 6.22. The van der Waals surface area contributed by atoms with Crippen LogP contribution in [0, 0.1) is 0 Å². The second-order valence-electron chi connectivity index (χ2n) is 6.71. The molecule has 7 heteroatoms. The summed E-state index contributed by atoms with van der Waals surface area (Å²) >= 11 is 0. The molecular formula is C19H26N4O2S. The lowest BCUT2D eigenvalue weighted by Crippen LogP contribution is -2.22. The third kappa shape index (κ3) is 5.17. The highest BCUT2D eigenvalue weighted by Crippen LogP contribution is 2.23. The Morgan fingerprint density at radius 3 is 2.65 bits per heavy atom. The quantitative estimate of drug-likeness (QED) is 0.690. The van der Waals surface area contributed by atoms with E-state index in [4.69, 9.17) is 0 Å². The van der Waals surface area contributed by atoms with E-state index in [0.29, 0.717) is 12.4 Å². The molecule has 2 heterocycles. The summed E-state index contributed by atoms with van der Waals surface area (Å²) in [5.41, 5.74) is 1.83. The van der Waals surface area contributed by atoms with Crippen molar-refractivity contribution >= 4 is 21.6 Å². The molecule has 2 aromatic rings. The first kappa shape index (κ1) is 18.6. The van der Waals surface area contributed by atoms with Gasteiger partial charge in [0.2, 0.25) is 5.95 Å². The van der Waals surface area contributed by atoms with Gasteiger partial charge in [-0.05, 0) is 12.8 Å². The van der Waals surface area contributed by atoms with Gasteiger partial charge in [0.25, 0.3) is 0 Å². The number of aromatic nitrogens is 2. The van der Waals surface area contributed by atoms with Gasteiger partial charge < -0.3 is 10.6 Å². The van der Waals surface area contributed by atoms with Crippen LogP contribution in [0.3, 0.4) is 0 Å². The van der Waals surface area contributed by atoms with Gasteiger partial charge in [0.1, 0.15) is 5.82 Å². The van der Waals surface area contributed by atoms with Gasteiger partial charge in [0.15, 0.2) is 9.84 Å². The van der Waals surface area contributed by atoms with Crippen molar-refractivity contribution in [3.8, 4) is 11.3 Å². The van der Waals surface area contributed by atoms with Gasteiger partial charge in [-0.25, -0.2) is 13.4 Å². The fraction of sp³-hybridized carbons (Fsp3) is 0.474. The lowest BCUT2D eigenvalue weighted by Gasteiger charge is -2.14. The predicted octanol–water partition coefficient (Wildman–Crippen LogP) is 3.34. The minimum absolute atomic E-state index is 0.126. The van der Waals surface area contributed by atoms with Gasteiger partial charge >= 0.3 is 0 Å². The molecule has 0 saturated carbocycles. The Morgan fingerprint density at radius 2 is 1.96 bits per heavy atom. The summed E-state index contributed by atoms with van der Waals surface area (Å²) in [5.74, 6) is 1.61. The minimum atomic E-state index is -2.94. The maximum absolute atomic E-state index is 11.7.